The highest BCUT2D eigenvalue weighted by Crippen LogP contribution is 2.18. The molecule has 4 nitrogen and oxygen atoms in total. The van der Waals surface area contributed by atoms with Gasteiger partial charge in [-0.15, -0.1) is 12.4 Å². The van der Waals surface area contributed by atoms with Crippen LogP contribution in [0.25, 0.3) is 16.8 Å². The van der Waals surface area contributed by atoms with Crippen LogP contribution in [0, 0.1) is 6.92 Å². The van der Waals surface area contributed by atoms with Crippen molar-refractivity contribution in [2.24, 2.45) is 0 Å². The molecule has 2 aromatic heterocycles. The van der Waals surface area contributed by atoms with Gasteiger partial charge in [0.05, 0.1) is 17.6 Å². The van der Waals surface area contributed by atoms with Crippen molar-refractivity contribution in [1.82, 2.24) is 14.0 Å². The van der Waals surface area contributed by atoms with E-state index in [2.05, 4.69) is 21.6 Å². The second-order valence-electron chi connectivity index (χ2n) is 3.92. The van der Waals surface area contributed by atoms with E-state index in [1.807, 2.05) is 29.7 Å². The van der Waals surface area contributed by atoms with Crippen LogP contribution in [0.2, 0.25) is 0 Å². The Morgan fingerprint density at radius 2 is 2.06 bits per heavy atom. The first-order valence-corrected chi connectivity index (χ1v) is 5.35. The lowest BCUT2D eigenvalue weighted by molar-refractivity contribution is 0.276. The number of hydrogen-bond acceptors (Lipinski definition) is 2. The zero-order valence-electron chi connectivity index (χ0n) is 9.50. The van der Waals surface area contributed by atoms with Crippen LogP contribution in [0.4, 0.5) is 0 Å². The smallest absolute Gasteiger partial charge is 0.215 e. The molecule has 3 aromatic rings. The molecule has 0 aliphatic carbocycles. The Hall–Kier alpha value is -1.52. The topological polar surface area (TPSA) is 42.5 Å². The van der Waals surface area contributed by atoms with E-state index in [-0.39, 0.29) is 19.0 Å². The van der Waals surface area contributed by atoms with Gasteiger partial charge in [0.15, 0.2) is 0 Å². The first-order chi connectivity index (χ1) is 7.81. The summed E-state index contributed by atoms with van der Waals surface area (Å²) >= 11 is 0. The van der Waals surface area contributed by atoms with E-state index in [0.29, 0.717) is 6.54 Å². The fourth-order valence-electron chi connectivity index (χ4n) is 2.14. The number of halogens is 1. The van der Waals surface area contributed by atoms with Crippen LogP contribution >= 0.6 is 12.4 Å². The van der Waals surface area contributed by atoms with Crippen molar-refractivity contribution in [2.75, 3.05) is 6.61 Å². The Balaban J connectivity index is 0.00000108. The van der Waals surface area contributed by atoms with Crippen LogP contribution in [0.3, 0.4) is 0 Å². The number of nitrogens with zero attached hydrogens (tertiary/aromatic N) is 3. The Morgan fingerprint density at radius 3 is 2.82 bits per heavy atom. The molecule has 0 atom stereocenters. The summed E-state index contributed by atoms with van der Waals surface area (Å²) in [5, 5.41) is 9.04. The predicted octanol–water partition coefficient (Wildman–Crippen LogP) is 2.01. The highest BCUT2D eigenvalue weighted by atomic mass is 35.5. The Kier molecular flexibility index (Phi) is 3.09. The van der Waals surface area contributed by atoms with Crippen LogP contribution in [-0.2, 0) is 6.54 Å². The molecule has 0 aliphatic rings. The normalized spacial score (nSPS) is 10.9. The van der Waals surface area contributed by atoms with Gasteiger partial charge in [-0.3, -0.25) is 4.40 Å². The third-order valence-electron chi connectivity index (χ3n) is 2.88. The van der Waals surface area contributed by atoms with E-state index < -0.39 is 0 Å². The number of aliphatic hydroxyl groups is 1. The lowest BCUT2D eigenvalue weighted by atomic mass is 10.3. The lowest BCUT2D eigenvalue weighted by Crippen LogP contribution is -2.04. The molecule has 3 rings (SSSR count). The van der Waals surface area contributed by atoms with Crippen LogP contribution in [0.15, 0.2) is 30.5 Å². The standard InChI is InChI=1S/C12H13N3O.ClH/c1-9-8-15-11-5-3-2-4-10(11)13-12(15)14(9)6-7-16;/h2-5,8,16H,6-7H2,1H3;1H. The SMILES string of the molecule is Cc1cn2c3ccccc3nc2n1CCO.Cl. The molecule has 1 N–H and O–H groups in total. The summed E-state index contributed by atoms with van der Waals surface area (Å²) in [7, 11) is 0. The summed E-state index contributed by atoms with van der Waals surface area (Å²) < 4.78 is 4.10. The molecule has 0 spiro atoms. The summed E-state index contributed by atoms with van der Waals surface area (Å²) in [5.41, 5.74) is 3.21. The molecule has 90 valence electrons. The largest absolute Gasteiger partial charge is 0.395 e. The van der Waals surface area contributed by atoms with Crippen LogP contribution in [0.5, 0.6) is 0 Å². The van der Waals surface area contributed by atoms with E-state index in [4.69, 9.17) is 5.11 Å². The number of hydrogen-bond donors (Lipinski definition) is 1. The maximum Gasteiger partial charge on any atom is 0.215 e. The number of benzene rings is 1. The van der Waals surface area contributed by atoms with Crippen molar-refractivity contribution < 1.29 is 5.11 Å². The van der Waals surface area contributed by atoms with Gasteiger partial charge in [-0.1, -0.05) is 12.1 Å². The number of rotatable bonds is 2. The maximum atomic E-state index is 9.04. The van der Waals surface area contributed by atoms with Gasteiger partial charge in [0.2, 0.25) is 5.78 Å². The van der Waals surface area contributed by atoms with Crippen LogP contribution in [0.1, 0.15) is 5.69 Å². The molecule has 0 bridgehead atoms. The molecule has 0 radical (unpaired) electrons. The number of fused-ring (bicyclic) bond motifs is 3. The van der Waals surface area contributed by atoms with Gasteiger partial charge in [-0.2, -0.15) is 0 Å². The number of aromatic nitrogens is 3. The zero-order chi connectivity index (χ0) is 11.1. The molecule has 0 saturated carbocycles. The van der Waals surface area contributed by atoms with E-state index in [1.165, 1.54) is 0 Å². The third-order valence-corrected chi connectivity index (χ3v) is 2.88. The first-order valence-electron chi connectivity index (χ1n) is 5.35. The Morgan fingerprint density at radius 1 is 1.29 bits per heavy atom. The predicted molar refractivity (Wildman–Crippen MR) is 69.8 cm³/mol. The molecule has 0 fully saturated rings. The molecule has 0 amide bonds. The van der Waals surface area contributed by atoms with Crippen molar-refractivity contribution in [3.05, 3.63) is 36.2 Å². The fourth-order valence-corrected chi connectivity index (χ4v) is 2.14. The van der Waals surface area contributed by atoms with Crippen molar-refractivity contribution in [3.8, 4) is 0 Å². The fraction of sp³-hybridized carbons (Fsp3) is 0.250. The first kappa shape index (κ1) is 12.0. The molecule has 0 saturated heterocycles. The van der Waals surface area contributed by atoms with E-state index in [9.17, 15) is 0 Å². The van der Waals surface area contributed by atoms with Crippen molar-refractivity contribution in [1.29, 1.82) is 0 Å². The Labute approximate surface area is 105 Å². The summed E-state index contributed by atoms with van der Waals surface area (Å²) in [6, 6.07) is 8.05. The highest BCUT2D eigenvalue weighted by Gasteiger charge is 2.10. The molecular formula is C12H14ClN3O. The monoisotopic (exact) mass is 251 g/mol. The van der Waals surface area contributed by atoms with E-state index in [0.717, 1.165) is 22.5 Å². The number of aliphatic hydroxyl groups excluding tert-OH is 1. The lowest BCUT2D eigenvalue weighted by Gasteiger charge is -2.01. The summed E-state index contributed by atoms with van der Waals surface area (Å²) in [6.07, 6.45) is 2.06. The Bertz CT molecular complexity index is 656. The third kappa shape index (κ3) is 1.69. The average Bonchev–Trinajstić information content (AvgIpc) is 2.78. The molecule has 1 aromatic carbocycles. The van der Waals surface area contributed by atoms with Crippen molar-refractivity contribution in [3.63, 3.8) is 0 Å². The van der Waals surface area contributed by atoms with Gasteiger partial charge in [0.1, 0.15) is 0 Å². The van der Waals surface area contributed by atoms with Gasteiger partial charge < -0.3 is 9.67 Å². The maximum absolute atomic E-state index is 9.04. The highest BCUT2D eigenvalue weighted by molar-refractivity contribution is 5.85. The number of para-hydroxylation sites is 2. The van der Waals surface area contributed by atoms with Gasteiger partial charge in [0.25, 0.3) is 0 Å². The number of aryl methyl sites for hydroxylation is 1. The van der Waals surface area contributed by atoms with Crippen molar-refractivity contribution >= 4 is 29.2 Å². The van der Waals surface area contributed by atoms with Crippen LogP contribution in [-0.4, -0.2) is 25.7 Å². The molecule has 0 unspecified atom stereocenters. The minimum atomic E-state index is 0. The molecule has 0 aliphatic heterocycles. The van der Waals surface area contributed by atoms with Gasteiger partial charge in [-0.05, 0) is 19.1 Å². The average molecular weight is 252 g/mol. The molecule has 5 heteroatoms. The molecular weight excluding hydrogens is 238 g/mol. The van der Waals surface area contributed by atoms with E-state index in [1.54, 1.807) is 0 Å². The minimum Gasteiger partial charge on any atom is -0.395 e. The van der Waals surface area contributed by atoms with E-state index >= 15 is 0 Å². The second kappa shape index (κ2) is 4.39. The summed E-state index contributed by atoms with van der Waals surface area (Å²) in [6.45, 7) is 2.75. The number of imidazole rings is 2. The second-order valence-corrected chi connectivity index (χ2v) is 3.92. The van der Waals surface area contributed by atoms with Gasteiger partial charge in [0, 0.05) is 18.4 Å². The van der Waals surface area contributed by atoms with Gasteiger partial charge in [-0.25, -0.2) is 4.98 Å². The molecule has 17 heavy (non-hydrogen) atoms. The quantitative estimate of drug-likeness (QED) is 0.757. The summed E-state index contributed by atoms with van der Waals surface area (Å²) in [4.78, 5) is 4.57. The molecule has 2 heterocycles. The zero-order valence-corrected chi connectivity index (χ0v) is 10.3. The minimum absolute atomic E-state index is 0. The van der Waals surface area contributed by atoms with Crippen LogP contribution < -0.4 is 0 Å². The summed E-state index contributed by atoms with van der Waals surface area (Å²) in [5.74, 6) is 0.896. The van der Waals surface area contributed by atoms with Gasteiger partial charge >= 0.3 is 0 Å². The van der Waals surface area contributed by atoms with Crippen molar-refractivity contribution in [2.45, 2.75) is 13.5 Å².